The molecule has 0 fully saturated rings. The predicted molar refractivity (Wildman–Crippen MR) is 99.2 cm³/mol. The second-order valence-corrected chi connectivity index (χ2v) is 7.46. The Kier molecular flexibility index (Phi) is 8.26. The van der Waals surface area contributed by atoms with Gasteiger partial charge in [0.25, 0.3) is 5.91 Å². The van der Waals surface area contributed by atoms with E-state index in [-0.39, 0.29) is 23.8 Å². The molecule has 0 aliphatic rings. The van der Waals surface area contributed by atoms with E-state index in [1.165, 1.54) is 0 Å². The molecule has 0 aliphatic heterocycles. The van der Waals surface area contributed by atoms with Gasteiger partial charge in [0.1, 0.15) is 6.04 Å². The number of carbonyl (C=O) groups is 2. The summed E-state index contributed by atoms with van der Waals surface area (Å²) in [5, 5.41) is 6.19. The number of benzene rings is 1. The first-order valence-corrected chi connectivity index (χ1v) is 8.96. The van der Waals surface area contributed by atoms with E-state index in [2.05, 4.69) is 24.5 Å². The topological polar surface area (TPSA) is 58.2 Å². The molecule has 0 saturated heterocycles. The number of halogens is 1. The quantitative estimate of drug-likeness (QED) is 0.741. The second-order valence-electron chi connectivity index (χ2n) is 7.06. The summed E-state index contributed by atoms with van der Waals surface area (Å²) in [6.45, 7) is 10.1. The van der Waals surface area contributed by atoms with Crippen LogP contribution in [0, 0.1) is 11.8 Å². The Bertz CT molecular complexity index is 558. The monoisotopic (exact) mass is 352 g/mol. The van der Waals surface area contributed by atoms with E-state index in [0.29, 0.717) is 16.5 Å². The molecule has 0 spiro atoms. The molecule has 0 aromatic heterocycles. The first-order chi connectivity index (χ1) is 11.2. The molecule has 2 amide bonds. The molecular weight excluding hydrogens is 324 g/mol. The van der Waals surface area contributed by atoms with Gasteiger partial charge >= 0.3 is 0 Å². The molecule has 2 N–H and O–H groups in total. The fraction of sp³-hybridized carbons (Fsp3) is 0.579. The maximum Gasteiger partial charge on any atom is 0.253 e. The van der Waals surface area contributed by atoms with Gasteiger partial charge in [-0.05, 0) is 43.7 Å². The number of hydrogen-bond donors (Lipinski definition) is 2. The lowest BCUT2D eigenvalue weighted by molar-refractivity contribution is -0.124. The van der Waals surface area contributed by atoms with Gasteiger partial charge in [-0.25, -0.2) is 0 Å². The number of carbonyl (C=O) groups excluding carboxylic acids is 2. The Morgan fingerprint density at radius 3 is 2.17 bits per heavy atom. The van der Waals surface area contributed by atoms with Crippen molar-refractivity contribution in [3.8, 4) is 0 Å². The van der Waals surface area contributed by atoms with Crippen LogP contribution in [0.2, 0.25) is 5.02 Å². The Hall–Kier alpha value is -1.55. The third kappa shape index (κ3) is 6.52. The van der Waals surface area contributed by atoms with Crippen molar-refractivity contribution in [2.24, 2.45) is 11.8 Å². The van der Waals surface area contributed by atoms with Crippen molar-refractivity contribution in [3.63, 3.8) is 0 Å². The minimum atomic E-state index is -0.588. The zero-order valence-electron chi connectivity index (χ0n) is 15.2. The van der Waals surface area contributed by atoms with Crippen molar-refractivity contribution >= 4 is 23.4 Å². The van der Waals surface area contributed by atoms with Crippen molar-refractivity contribution in [3.05, 3.63) is 34.9 Å². The van der Waals surface area contributed by atoms with Crippen LogP contribution in [0.25, 0.3) is 0 Å². The smallest absolute Gasteiger partial charge is 0.253 e. The fourth-order valence-corrected chi connectivity index (χ4v) is 2.61. The zero-order chi connectivity index (χ0) is 18.3. The number of rotatable bonds is 8. The highest BCUT2D eigenvalue weighted by molar-refractivity contribution is 6.33. The SMILES string of the molecule is CC(C)CCC(C)NC(=O)[C@@H](NC(=O)c1ccccc1Cl)C(C)C. The molecular formula is C19H29ClN2O2. The summed E-state index contributed by atoms with van der Waals surface area (Å²) in [5.74, 6) is 0.102. The second kappa shape index (κ2) is 9.67. The van der Waals surface area contributed by atoms with Gasteiger partial charge in [-0.2, -0.15) is 0 Å². The molecule has 0 radical (unpaired) electrons. The van der Waals surface area contributed by atoms with Gasteiger partial charge in [0.15, 0.2) is 0 Å². The van der Waals surface area contributed by atoms with Crippen molar-refractivity contribution in [2.75, 3.05) is 0 Å². The van der Waals surface area contributed by atoms with E-state index in [4.69, 9.17) is 11.6 Å². The first-order valence-electron chi connectivity index (χ1n) is 8.58. The first kappa shape index (κ1) is 20.5. The van der Waals surface area contributed by atoms with Gasteiger partial charge in [0.05, 0.1) is 10.6 Å². The molecule has 134 valence electrons. The van der Waals surface area contributed by atoms with Gasteiger partial charge in [-0.1, -0.05) is 51.4 Å². The van der Waals surface area contributed by atoms with Crippen LogP contribution in [0.5, 0.6) is 0 Å². The van der Waals surface area contributed by atoms with Crippen molar-refractivity contribution in [1.29, 1.82) is 0 Å². The highest BCUT2D eigenvalue weighted by atomic mass is 35.5. The van der Waals surface area contributed by atoms with Gasteiger partial charge in [0.2, 0.25) is 5.91 Å². The van der Waals surface area contributed by atoms with Crippen LogP contribution in [0.15, 0.2) is 24.3 Å². The van der Waals surface area contributed by atoms with Gasteiger partial charge in [-0.3, -0.25) is 9.59 Å². The van der Waals surface area contributed by atoms with E-state index < -0.39 is 6.04 Å². The van der Waals surface area contributed by atoms with Gasteiger partial charge in [-0.15, -0.1) is 0 Å². The van der Waals surface area contributed by atoms with E-state index in [9.17, 15) is 9.59 Å². The van der Waals surface area contributed by atoms with Crippen molar-refractivity contribution in [1.82, 2.24) is 10.6 Å². The van der Waals surface area contributed by atoms with E-state index in [0.717, 1.165) is 12.8 Å². The Morgan fingerprint density at radius 1 is 1.00 bits per heavy atom. The molecule has 24 heavy (non-hydrogen) atoms. The third-order valence-corrected chi connectivity index (χ3v) is 4.25. The molecule has 0 aliphatic carbocycles. The minimum absolute atomic E-state index is 0.0197. The lowest BCUT2D eigenvalue weighted by Crippen LogP contribution is -2.51. The Balaban J connectivity index is 2.71. The predicted octanol–water partition coefficient (Wildman–Crippen LogP) is 4.04. The standard InChI is InChI=1S/C19H29ClN2O2/c1-12(2)10-11-14(5)21-19(24)17(13(3)4)22-18(23)15-8-6-7-9-16(15)20/h6-9,12-14,17H,10-11H2,1-5H3,(H,21,24)(H,22,23)/t14?,17-/m0/s1. The lowest BCUT2D eigenvalue weighted by Gasteiger charge is -2.24. The lowest BCUT2D eigenvalue weighted by atomic mass is 10.0. The van der Waals surface area contributed by atoms with Crippen molar-refractivity contribution in [2.45, 2.75) is 59.5 Å². The van der Waals surface area contributed by atoms with E-state index in [1.54, 1.807) is 24.3 Å². The van der Waals surface area contributed by atoms with Crippen LogP contribution < -0.4 is 10.6 Å². The molecule has 2 atom stereocenters. The van der Waals surface area contributed by atoms with Crippen LogP contribution >= 0.6 is 11.6 Å². The minimum Gasteiger partial charge on any atom is -0.352 e. The van der Waals surface area contributed by atoms with Crippen LogP contribution in [-0.2, 0) is 4.79 Å². The summed E-state index contributed by atoms with van der Waals surface area (Å²) in [7, 11) is 0. The number of nitrogens with one attached hydrogen (secondary N) is 2. The maximum atomic E-state index is 12.5. The van der Waals surface area contributed by atoms with Crippen LogP contribution in [-0.4, -0.2) is 23.9 Å². The average molecular weight is 353 g/mol. The Labute approximate surface area is 150 Å². The largest absolute Gasteiger partial charge is 0.352 e. The number of hydrogen-bond acceptors (Lipinski definition) is 2. The average Bonchev–Trinajstić information content (AvgIpc) is 2.50. The van der Waals surface area contributed by atoms with E-state index in [1.807, 2.05) is 20.8 Å². The Morgan fingerprint density at radius 2 is 1.62 bits per heavy atom. The molecule has 1 unspecified atom stereocenters. The molecule has 1 aromatic rings. The summed E-state index contributed by atoms with van der Waals surface area (Å²) in [6, 6.07) is 6.32. The summed E-state index contributed by atoms with van der Waals surface area (Å²) in [4.78, 5) is 24.9. The summed E-state index contributed by atoms with van der Waals surface area (Å²) in [6.07, 6.45) is 1.98. The number of amides is 2. The molecule has 4 nitrogen and oxygen atoms in total. The summed E-state index contributed by atoms with van der Waals surface area (Å²) in [5.41, 5.74) is 0.380. The van der Waals surface area contributed by atoms with E-state index >= 15 is 0 Å². The van der Waals surface area contributed by atoms with Gasteiger partial charge < -0.3 is 10.6 Å². The fourth-order valence-electron chi connectivity index (χ4n) is 2.39. The summed E-state index contributed by atoms with van der Waals surface area (Å²) < 4.78 is 0. The molecule has 0 saturated carbocycles. The molecule has 5 heteroatoms. The van der Waals surface area contributed by atoms with Crippen LogP contribution in [0.1, 0.15) is 57.8 Å². The molecule has 1 aromatic carbocycles. The third-order valence-electron chi connectivity index (χ3n) is 3.92. The van der Waals surface area contributed by atoms with Crippen LogP contribution in [0.4, 0.5) is 0 Å². The molecule has 0 bridgehead atoms. The highest BCUT2D eigenvalue weighted by Gasteiger charge is 2.26. The highest BCUT2D eigenvalue weighted by Crippen LogP contribution is 2.15. The maximum absolute atomic E-state index is 12.5. The van der Waals surface area contributed by atoms with Crippen LogP contribution in [0.3, 0.4) is 0 Å². The van der Waals surface area contributed by atoms with Gasteiger partial charge in [0, 0.05) is 6.04 Å². The molecule has 0 heterocycles. The molecule has 1 rings (SSSR count). The normalized spacial score (nSPS) is 13.7. The summed E-state index contributed by atoms with van der Waals surface area (Å²) >= 11 is 6.06. The zero-order valence-corrected chi connectivity index (χ0v) is 16.0. The van der Waals surface area contributed by atoms with Crippen molar-refractivity contribution < 1.29 is 9.59 Å².